The van der Waals surface area contributed by atoms with Gasteiger partial charge in [0, 0.05) is 30.5 Å². The first kappa shape index (κ1) is 13.6. The fraction of sp³-hybridized carbons (Fsp3) is 0.571. The largest absolute Gasteiger partial charge is 0.315 e. The molecule has 3 nitrogen and oxygen atoms in total. The first-order chi connectivity index (χ1) is 8.41. The van der Waals surface area contributed by atoms with Gasteiger partial charge in [-0.25, -0.2) is 8.42 Å². The van der Waals surface area contributed by atoms with Gasteiger partial charge in [0.05, 0.1) is 0 Å². The van der Waals surface area contributed by atoms with Gasteiger partial charge in [0.25, 0.3) is 0 Å². The molecule has 100 valence electrons. The van der Waals surface area contributed by atoms with Crippen molar-refractivity contribution in [2.24, 2.45) is 0 Å². The summed E-state index contributed by atoms with van der Waals surface area (Å²) < 4.78 is 22.4. The lowest BCUT2D eigenvalue weighted by atomic mass is 9.72. The predicted molar refractivity (Wildman–Crippen MR) is 74.7 cm³/mol. The Morgan fingerprint density at radius 2 is 2.06 bits per heavy atom. The molecule has 0 saturated carbocycles. The van der Waals surface area contributed by atoms with Crippen LogP contribution in [0, 0.1) is 6.92 Å². The van der Waals surface area contributed by atoms with E-state index < -0.39 is 9.84 Å². The molecule has 0 aromatic heterocycles. The van der Waals surface area contributed by atoms with Gasteiger partial charge >= 0.3 is 0 Å². The van der Waals surface area contributed by atoms with Gasteiger partial charge in [-0.2, -0.15) is 0 Å². The SMILES string of the molecule is Cc1cccc(C2(CCCS(C)(=O)=O)CNC2)c1. The number of nitrogens with one attached hydrogen (secondary N) is 1. The molecule has 1 N–H and O–H groups in total. The second-order valence-corrected chi connectivity index (χ2v) is 7.75. The van der Waals surface area contributed by atoms with Gasteiger partial charge in [-0.05, 0) is 25.3 Å². The topological polar surface area (TPSA) is 46.2 Å². The molecule has 1 aromatic rings. The van der Waals surface area contributed by atoms with Gasteiger partial charge in [-0.15, -0.1) is 0 Å². The Bertz CT molecular complexity index is 518. The van der Waals surface area contributed by atoms with Crippen molar-refractivity contribution in [2.75, 3.05) is 25.1 Å². The molecule has 2 rings (SSSR count). The molecule has 1 saturated heterocycles. The Labute approximate surface area is 110 Å². The van der Waals surface area contributed by atoms with Crippen molar-refractivity contribution < 1.29 is 8.42 Å². The minimum atomic E-state index is -2.84. The molecule has 18 heavy (non-hydrogen) atoms. The molecule has 4 heteroatoms. The lowest BCUT2D eigenvalue weighted by Crippen LogP contribution is -2.56. The molecule has 1 aliphatic heterocycles. The Balaban J connectivity index is 2.07. The summed E-state index contributed by atoms with van der Waals surface area (Å²) in [6, 6.07) is 8.57. The molecule has 1 aromatic carbocycles. The standard InChI is InChI=1S/C14H21NO2S/c1-12-5-3-6-13(9-12)14(10-15-11-14)7-4-8-18(2,16)17/h3,5-6,9,15H,4,7-8,10-11H2,1-2H3. The molecule has 0 aliphatic carbocycles. The van der Waals surface area contributed by atoms with Crippen LogP contribution in [-0.4, -0.2) is 33.5 Å². The lowest BCUT2D eigenvalue weighted by molar-refractivity contribution is 0.256. The summed E-state index contributed by atoms with van der Waals surface area (Å²) >= 11 is 0. The first-order valence-electron chi connectivity index (χ1n) is 6.37. The van der Waals surface area contributed by atoms with E-state index >= 15 is 0 Å². The van der Waals surface area contributed by atoms with Crippen LogP contribution in [0.1, 0.15) is 24.0 Å². The second-order valence-electron chi connectivity index (χ2n) is 5.49. The van der Waals surface area contributed by atoms with E-state index in [0.717, 1.165) is 25.9 Å². The third-order valence-corrected chi connectivity index (χ3v) is 4.76. The summed E-state index contributed by atoms with van der Waals surface area (Å²) in [5, 5.41) is 3.32. The van der Waals surface area contributed by atoms with Crippen LogP contribution in [0.4, 0.5) is 0 Å². The molecule has 0 unspecified atom stereocenters. The summed E-state index contributed by atoms with van der Waals surface area (Å²) in [4.78, 5) is 0. The van der Waals surface area contributed by atoms with Crippen LogP contribution in [0.15, 0.2) is 24.3 Å². The van der Waals surface area contributed by atoms with Crippen molar-refractivity contribution in [3.05, 3.63) is 35.4 Å². The highest BCUT2D eigenvalue weighted by Crippen LogP contribution is 2.33. The van der Waals surface area contributed by atoms with Crippen LogP contribution in [-0.2, 0) is 15.3 Å². The van der Waals surface area contributed by atoms with E-state index in [1.165, 1.54) is 17.4 Å². The van der Waals surface area contributed by atoms with Gasteiger partial charge in [0.15, 0.2) is 0 Å². The van der Waals surface area contributed by atoms with Crippen molar-refractivity contribution in [1.82, 2.24) is 5.32 Å². The van der Waals surface area contributed by atoms with E-state index in [-0.39, 0.29) is 5.41 Å². The number of sulfone groups is 1. The van der Waals surface area contributed by atoms with Gasteiger partial charge in [-0.3, -0.25) is 0 Å². The molecule has 0 amide bonds. The van der Waals surface area contributed by atoms with E-state index in [4.69, 9.17) is 0 Å². The van der Waals surface area contributed by atoms with Crippen LogP contribution >= 0.6 is 0 Å². The smallest absolute Gasteiger partial charge is 0.147 e. The fourth-order valence-corrected chi connectivity index (χ4v) is 3.27. The third-order valence-electron chi connectivity index (χ3n) is 3.73. The Morgan fingerprint density at radius 1 is 1.33 bits per heavy atom. The minimum Gasteiger partial charge on any atom is -0.315 e. The lowest BCUT2D eigenvalue weighted by Gasteiger charge is -2.43. The molecule has 0 radical (unpaired) electrons. The van der Waals surface area contributed by atoms with Gasteiger partial charge in [0.2, 0.25) is 0 Å². The Kier molecular flexibility index (Phi) is 3.78. The van der Waals surface area contributed by atoms with Crippen LogP contribution in [0.2, 0.25) is 0 Å². The van der Waals surface area contributed by atoms with Crippen LogP contribution < -0.4 is 5.32 Å². The average molecular weight is 267 g/mol. The zero-order valence-corrected chi connectivity index (χ0v) is 11.9. The molecule has 1 aliphatic rings. The fourth-order valence-electron chi connectivity index (χ4n) is 2.60. The van der Waals surface area contributed by atoms with E-state index in [0.29, 0.717) is 5.75 Å². The van der Waals surface area contributed by atoms with E-state index in [1.54, 1.807) is 0 Å². The first-order valence-corrected chi connectivity index (χ1v) is 8.43. The molecule has 1 heterocycles. The van der Waals surface area contributed by atoms with Crippen LogP contribution in [0.3, 0.4) is 0 Å². The monoisotopic (exact) mass is 267 g/mol. The normalized spacial score (nSPS) is 18.3. The maximum absolute atomic E-state index is 11.2. The molecule has 0 spiro atoms. The van der Waals surface area contributed by atoms with Crippen molar-refractivity contribution in [3.63, 3.8) is 0 Å². The quantitative estimate of drug-likeness (QED) is 0.882. The van der Waals surface area contributed by atoms with Gasteiger partial charge < -0.3 is 5.32 Å². The maximum atomic E-state index is 11.2. The molecule has 0 bridgehead atoms. The maximum Gasteiger partial charge on any atom is 0.147 e. The highest BCUT2D eigenvalue weighted by atomic mass is 32.2. The van der Waals surface area contributed by atoms with E-state index in [1.807, 2.05) is 0 Å². The number of hydrogen-bond acceptors (Lipinski definition) is 3. The van der Waals surface area contributed by atoms with Crippen molar-refractivity contribution in [1.29, 1.82) is 0 Å². The van der Waals surface area contributed by atoms with Crippen molar-refractivity contribution >= 4 is 9.84 Å². The summed E-state index contributed by atoms with van der Waals surface area (Å²) in [6.07, 6.45) is 3.00. The van der Waals surface area contributed by atoms with E-state index in [2.05, 4.69) is 36.5 Å². The third kappa shape index (κ3) is 3.12. The number of rotatable bonds is 5. The highest BCUT2D eigenvalue weighted by Gasteiger charge is 2.38. The Morgan fingerprint density at radius 3 is 2.56 bits per heavy atom. The van der Waals surface area contributed by atoms with Crippen molar-refractivity contribution in [3.8, 4) is 0 Å². The summed E-state index contributed by atoms with van der Waals surface area (Å²) in [6.45, 7) is 4.01. The number of aryl methyl sites for hydroxylation is 1. The Hall–Kier alpha value is -0.870. The molecule has 1 fully saturated rings. The summed E-state index contributed by atoms with van der Waals surface area (Å²) in [5.41, 5.74) is 2.76. The summed E-state index contributed by atoms with van der Waals surface area (Å²) in [7, 11) is -2.84. The molecular weight excluding hydrogens is 246 g/mol. The average Bonchev–Trinajstić information content (AvgIpc) is 2.20. The summed E-state index contributed by atoms with van der Waals surface area (Å²) in [5.74, 6) is 0.292. The zero-order chi connectivity index (χ0) is 13.2. The van der Waals surface area contributed by atoms with E-state index in [9.17, 15) is 8.42 Å². The number of hydrogen-bond donors (Lipinski definition) is 1. The number of benzene rings is 1. The predicted octanol–water partition coefficient (Wildman–Crippen LogP) is 1.66. The van der Waals surface area contributed by atoms with Gasteiger partial charge in [0.1, 0.15) is 9.84 Å². The van der Waals surface area contributed by atoms with Crippen molar-refractivity contribution in [2.45, 2.75) is 25.2 Å². The van der Waals surface area contributed by atoms with Crippen LogP contribution in [0.5, 0.6) is 0 Å². The van der Waals surface area contributed by atoms with Crippen LogP contribution in [0.25, 0.3) is 0 Å². The molecular formula is C14H21NO2S. The zero-order valence-electron chi connectivity index (χ0n) is 11.1. The van der Waals surface area contributed by atoms with Gasteiger partial charge in [-0.1, -0.05) is 29.8 Å². The minimum absolute atomic E-state index is 0.150. The second kappa shape index (κ2) is 5.02. The molecule has 0 atom stereocenters. The highest BCUT2D eigenvalue weighted by molar-refractivity contribution is 7.90.